The minimum Gasteiger partial charge on any atom is -0.381 e. The van der Waals surface area contributed by atoms with Crippen molar-refractivity contribution in [3.8, 4) is 0 Å². The van der Waals surface area contributed by atoms with Crippen LogP contribution in [0.4, 0.5) is 0 Å². The van der Waals surface area contributed by atoms with Crippen LogP contribution in [-0.4, -0.2) is 13.2 Å². The first kappa shape index (κ1) is 12.3. The summed E-state index contributed by atoms with van der Waals surface area (Å²) >= 11 is 0. The van der Waals surface area contributed by atoms with Gasteiger partial charge in [0.05, 0.1) is 0 Å². The third-order valence-electron chi connectivity index (χ3n) is 2.69. The smallest absolute Gasteiger partial charge is 0.0466 e. The summed E-state index contributed by atoms with van der Waals surface area (Å²) in [6.45, 7) is 7.38. The summed E-state index contributed by atoms with van der Waals surface area (Å²) in [4.78, 5) is 0. The van der Waals surface area contributed by atoms with Crippen molar-refractivity contribution in [2.24, 2.45) is 0 Å². The van der Waals surface area contributed by atoms with Crippen molar-refractivity contribution in [1.29, 1.82) is 0 Å². The molecule has 1 aromatic rings. The van der Waals surface area contributed by atoms with Crippen LogP contribution in [-0.2, 0) is 4.74 Å². The molecule has 1 rings (SSSR count). The van der Waals surface area contributed by atoms with Crippen LogP contribution in [0.1, 0.15) is 37.7 Å². The monoisotopic (exact) mass is 205 g/mol. The average molecular weight is 205 g/mol. The van der Waals surface area contributed by atoms with Crippen LogP contribution in [0.25, 0.3) is 0 Å². The summed E-state index contributed by atoms with van der Waals surface area (Å²) in [6.07, 6.45) is 3.62. The Bertz CT molecular complexity index is 243. The lowest BCUT2D eigenvalue weighted by molar-refractivity contribution is 0.155. The molecule has 0 amide bonds. The third kappa shape index (κ3) is 4.98. The molecule has 0 bridgehead atoms. The lowest BCUT2D eigenvalue weighted by atomic mass is 9.96. The predicted octanol–water partition coefficient (Wildman–Crippen LogP) is 3.81. The molecule has 15 heavy (non-hydrogen) atoms. The van der Waals surface area contributed by atoms with Crippen molar-refractivity contribution in [2.75, 3.05) is 13.2 Å². The van der Waals surface area contributed by atoms with Gasteiger partial charge in [0.2, 0.25) is 0 Å². The standard InChI is InChI=1S/C14H21O/c1-3-15-12-8-7-9-13(2)14-10-5-4-6-11-14/h4-6,10-11,13H,1,3,7-9,12H2,2H3. The van der Waals surface area contributed by atoms with Crippen LogP contribution in [0.2, 0.25) is 0 Å². The van der Waals surface area contributed by atoms with Gasteiger partial charge in [0, 0.05) is 13.2 Å². The molecule has 0 aliphatic rings. The zero-order chi connectivity index (χ0) is 10.9. The van der Waals surface area contributed by atoms with Gasteiger partial charge in [0.1, 0.15) is 0 Å². The second-order valence-corrected chi connectivity index (χ2v) is 3.92. The van der Waals surface area contributed by atoms with Crippen molar-refractivity contribution in [2.45, 2.75) is 32.1 Å². The first-order valence-corrected chi connectivity index (χ1v) is 5.76. The Morgan fingerprint density at radius 1 is 1.20 bits per heavy atom. The fourth-order valence-corrected chi connectivity index (χ4v) is 1.70. The summed E-state index contributed by atoms with van der Waals surface area (Å²) in [5.41, 5.74) is 1.44. The van der Waals surface area contributed by atoms with E-state index in [-0.39, 0.29) is 0 Å². The van der Waals surface area contributed by atoms with Gasteiger partial charge in [0.25, 0.3) is 0 Å². The lowest BCUT2D eigenvalue weighted by Crippen LogP contribution is -1.97. The zero-order valence-corrected chi connectivity index (χ0v) is 9.61. The molecule has 0 saturated heterocycles. The van der Waals surface area contributed by atoms with Crippen LogP contribution >= 0.6 is 0 Å². The normalized spacial score (nSPS) is 12.7. The van der Waals surface area contributed by atoms with Gasteiger partial charge < -0.3 is 4.74 Å². The van der Waals surface area contributed by atoms with E-state index in [1.54, 1.807) is 0 Å². The summed E-state index contributed by atoms with van der Waals surface area (Å²) in [6, 6.07) is 10.7. The molecular formula is C14H21O. The van der Waals surface area contributed by atoms with E-state index < -0.39 is 0 Å². The molecule has 0 spiro atoms. The van der Waals surface area contributed by atoms with E-state index in [9.17, 15) is 0 Å². The maximum absolute atomic E-state index is 5.21. The van der Waals surface area contributed by atoms with Crippen molar-refractivity contribution in [3.63, 3.8) is 0 Å². The molecule has 0 N–H and O–H groups in total. The molecule has 1 nitrogen and oxygen atoms in total. The first-order valence-electron chi connectivity index (χ1n) is 5.76. The topological polar surface area (TPSA) is 9.23 Å². The molecule has 0 aliphatic heterocycles. The van der Waals surface area contributed by atoms with Crippen LogP contribution in [0.5, 0.6) is 0 Å². The van der Waals surface area contributed by atoms with Crippen molar-refractivity contribution in [3.05, 3.63) is 42.8 Å². The highest BCUT2D eigenvalue weighted by molar-refractivity contribution is 5.18. The molecule has 83 valence electrons. The molecule has 1 radical (unpaired) electrons. The van der Waals surface area contributed by atoms with Gasteiger partial charge >= 0.3 is 0 Å². The Morgan fingerprint density at radius 2 is 1.93 bits per heavy atom. The van der Waals surface area contributed by atoms with Gasteiger partial charge in [-0.15, -0.1) is 0 Å². The van der Waals surface area contributed by atoms with Gasteiger partial charge in [-0.3, -0.25) is 0 Å². The van der Waals surface area contributed by atoms with Gasteiger partial charge in [-0.25, -0.2) is 0 Å². The molecule has 0 fully saturated rings. The second kappa shape index (κ2) is 7.47. The van der Waals surface area contributed by atoms with E-state index in [4.69, 9.17) is 4.74 Å². The third-order valence-corrected chi connectivity index (χ3v) is 2.69. The van der Waals surface area contributed by atoms with E-state index >= 15 is 0 Å². The maximum atomic E-state index is 5.21. The zero-order valence-electron chi connectivity index (χ0n) is 9.61. The number of ether oxygens (including phenoxy) is 1. The SMILES string of the molecule is [CH2]COCCCCC(C)c1ccccc1. The summed E-state index contributed by atoms with van der Waals surface area (Å²) < 4.78 is 5.21. The van der Waals surface area contributed by atoms with Crippen molar-refractivity contribution >= 4 is 0 Å². The van der Waals surface area contributed by atoms with Crippen molar-refractivity contribution < 1.29 is 4.74 Å². The van der Waals surface area contributed by atoms with Crippen LogP contribution in [0.15, 0.2) is 30.3 Å². The molecule has 0 aliphatic carbocycles. The molecule has 1 heteroatoms. The van der Waals surface area contributed by atoms with E-state index in [0.717, 1.165) is 13.0 Å². The number of benzene rings is 1. The summed E-state index contributed by atoms with van der Waals surface area (Å²) in [7, 11) is 0. The first-order chi connectivity index (χ1) is 7.34. The minimum absolute atomic E-state index is 0.592. The molecule has 0 aromatic heterocycles. The largest absolute Gasteiger partial charge is 0.381 e. The molecule has 0 heterocycles. The Balaban J connectivity index is 2.16. The van der Waals surface area contributed by atoms with Crippen LogP contribution in [0, 0.1) is 6.92 Å². The summed E-state index contributed by atoms with van der Waals surface area (Å²) in [5.74, 6) is 0.658. The van der Waals surface area contributed by atoms with Crippen molar-refractivity contribution in [1.82, 2.24) is 0 Å². The maximum Gasteiger partial charge on any atom is 0.0466 e. The highest BCUT2D eigenvalue weighted by Crippen LogP contribution is 2.20. The Hall–Kier alpha value is -0.820. The molecule has 0 saturated carbocycles. The Labute approximate surface area is 93.5 Å². The highest BCUT2D eigenvalue weighted by Gasteiger charge is 2.03. The molecular weight excluding hydrogens is 184 g/mol. The summed E-state index contributed by atoms with van der Waals surface area (Å²) in [5, 5.41) is 0. The van der Waals surface area contributed by atoms with E-state index in [1.807, 2.05) is 0 Å². The van der Waals surface area contributed by atoms with Crippen LogP contribution < -0.4 is 0 Å². The molecule has 1 aromatic carbocycles. The number of unbranched alkanes of at least 4 members (excludes halogenated alkanes) is 1. The fourth-order valence-electron chi connectivity index (χ4n) is 1.70. The average Bonchev–Trinajstić information content (AvgIpc) is 2.30. The van der Waals surface area contributed by atoms with Gasteiger partial charge in [-0.1, -0.05) is 43.7 Å². The van der Waals surface area contributed by atoms with E-state index in [0.29, 0.717) is 12.5 Å². The van der Waals surface area contributed by atoms with Gasteiger partial charge in [0.15, 0.2) is 0 Å². The second-order valence-electron chi connectivity index (χ2n) is 3.92. The Kier molecular flexibility index (Phi) is 6.10. The predicted molar refractivity (Wildman–Crippen MR) is 64.9 cm³/mol. The van der Waals surface area contributed by atoms with E-state index in [1.165, 1.54) is 18.4 Å². The number of hydrogen-bond donors (Lipinski definition) is 0. The minimum atomic E-state index is 0.592. The highest BCUT2D eigenvalue weighted by atomic mass is 16.5. The lowest BCUT2D eigenvalue weighted by Gasteiger charge is -2.11. The quantitative estimate of drug-likeness (QED) is 0.615. The molecule has 1 unspecified atom stereocenters. The Morgan fingerprint density at radius 3 is 2.60 bits per heavy atom. The number of rotatable bonds is 7. The van der Waals surface area contributed by atoms with Gasteiger partial charge in [-0.2, -0.15) is 0 Å². The fraction of sp³-hybridized carbons (Fsp3) is 0.500. The van der Waals surface area contributed by atoms with Gasteiger partial charge in [-0.05, 0) is 31.2 Å². The molecule has 1 atom stereocenters. The number of hydrogen-bond acceptors (Lipinski definition) is 1. The van der Waals surface area contributed by atoms with E-state index in [2.05, 4.69) is 44.2 Å². The van der Waals surface area contributed by atoms with Crippen LogP contribution in [0.3, 0.4) is 0 Å².